The van der Waals surface area contributed by atoms with E-state index in [0.29, 0.717) is 12.3 Å². The molecule has 0 N–H and O–H groups in total. The van der Waals surface area contributed by atoms with Crippen molar-refractivity contribution in [3.05, 3.63) is 70.8 Å². The molecule has 1 atom stereocenters. The first kappa shape index (κ1) is 20.0. The van der Waals surface area contributed by atoms with Crippen LogP contribution in [-0.2, 0) is 6.42 Å². The molecule has 3 heteroatoms. The first-order valence-corrected chi connectivity index (χ1v) is 11.1. The molecule has 1 aliphatic carbocycles. The summed E-state index contributed by atoms with van der Waals surface area (Å²) in [6.07, 6.45) is 5.70. The van der Waals surface area contributed by atoms with Gasteiger partial charge in [-0.05, 0) is 74.8 Å². The van der Waals surface area contributed by atoms with E-state index in [1.165, 1.54) is 18.4 Å². The number of aryl methyl sites for hydroxylation is 1. The Morgan fingerprint density at radius 1 is 1.03 bits per heavy atom. The van der Waals surface area contributed by atoms with Gasteiger partial charge in [0.05, 0.1) is 0 Å². The molecule has 2 aromatic rings. The summed E-state index contributed by atoms with van der Waals surface area (Å²) < 4.78 is 0. The zero-order valence-corrected chi connectivity index (χ0v) is 17.4. The van der Waals surface area contributed by atoms with Crippen molar-refractivity contribution < 1.29 is 9.59 Å². The first-order chi connectivity index (χ1) is 14.2. The molecule has 3 nitrogen and oxygen atoms in total. The molecule has 2 aliphatic rings. The third-order valence-electron chi connectivity index (χ3n) is 6.80. The minimum atomic E-state index is 0.127. The summed E-state index contributed by atoms with van der Waals surface area (Å²) in [6.45, 7) is 5.14. The fourth-order valence-electron chi connectivity index (χ4n) is 4.93. The van der Waals surface area contributed by atoms with Gasteiger partial charge in [0.2, 0.25) is 0 Å². The van der Waals surface area contributed by atoms with Crippen molar-refractivity contribution in [2.24, 2.45) is 5.92 Å². The van der Waals surface area contributed by atoms with Gasteiger partial charge in [0.1, 0.15) is 0 Å². The van der Waals surface area contributed by atoms with E-state index in [-0.39, 0.29) is 17.5 Å². The van der Waals surface area contributed by atoms with Crippen LogP contribution >= 0.6 is 0 Å². The molecule has 29 heavy (non-hydrogen) atoms. The van der Waals surface area contributed by atoms with Gasteiger partial charge in [-0.15, -0.1) is 0 Å². The Morgan fingerprint density at radius 3 is 2.52 bits per heavy atom. The van der Waals surface area contributed by atoms with Crippen molar-refractivity contribution in [2.75, 3.05) is 19.6 Å². The Labute approximate surface area is 174 Å². The summed E-state index contributed by atoms with van der Waals surface area (Å²) in [5.74, 6) is 1.24. The van der Waals surface area contributed by atoms with Crippen molar-refractivity contribution in [3.63, 3.8) is 0 Å². The molecule has 1 saturated heterocycles. The van der Waals surface area contributed by atoms with Gasteiger partial charge in [0, 0.05) is 23.5 Å². The number of likely N-dealkylation sites (tertiary alicyclic amines) is 1. The molecule has 0 bridgehead atoms. The summed E-state index contributed by atoms with van der Waals surface area (Å²) >= 11 is 0. The Hall–Kier alpha value is -2.26. The molecule has 0 radical (unpaired) electrons. The zero-order valence-electron chi connectivity index (χ0n) is 17.4. The van der Waals surface area contributed by atoms with E-state index < -0.39 is 0 Å². The number of rotatable bonds is 6. The normalized spacial score (nSPS) is 20.4. The Balaban J connectivity index is 1.30. The van der Waals surface area contributed by atoms with Crippen LogP contribution in [0.2, 0.25) is 0 Å². The van der Waals surface area contributed by atoms with Gasteiger partial charge in [0.25, 0.3) is 0 Å². The number of hydrogen-bond acceptors (Lipinski definition) is 3. The van der Waals surface area contributed by atoms with E-state index in [2.05, 4.69) is 35.2 Å². The number of benzene rings is 2. The maximum atomic E-state index is 13.0. The maximum absolute atomic E-state index is 13.0. The van der Waals surface area contributed by atoms with Gasteiger partial charge in [-0.3, -0.25) is 9.59 Å². The molecular formula is C26H31NO2. The van der Waals surface area contributed by atoms with Gasteiger partial charge in [-0.25, -0.2) is 0 Å². The van der Waals surface area contributed by atoms with E-state index in [1.54, 1.807) is 0 Å². The van der Waals surface area contributed by atoms with Gasteiger partial charge in [-0.1, -0.05) is 49.4 Å². The standard InChI is InChI=1S/C26H31NO2/c1-2-25(28)23-10-11-24-22(18-23)9-8-21(26(24)29)14-17-27-15-12-20(13-16-27)19-6-4-3-5-7-19/h3-7,10-11,18,20-21H,2,8-9,12-17H2,1H3. The largest absolute Gasteiger partial charge is 0.303 e. The van der Waals surface area contributed by atoms with Gasteiger partial charge in [0.15, 0.2) is 11.6 Å². The van der Waals surface area contributed by atoms with Crippen molar-refractivity contribution >= 4 is 11.6 Å². The van der Waals surface area contributed by atoms with Crippen LogP contribution in [0.25, 0.3) is 0 Å². The number of nitrogens with zero attached hydrogens (tertiary/aromatic N) is 1. The molecular weight excluding hydrogens is 358 g/mol. The monoisotopic (exact) mass is 389 g/mol. The fourth-order valence-corrected chi connectivity index (χ4v) is 4.93. The molecule has 1 unspecified atom stereocenters. The third kappa shape index (κ3) is 4.51. The lowest BCUT2D eigenvalue weighted by Crippen LogP contribution is -2.35. The minimum Gasteiger partial charge on any atom is -0.303 e. The summed E-state index contributed by atoms with van der Waals surface area (Å²) in [4.78, 5) is 27.5. The Morgan fingerprint density at radius 2 is 1.79 bits per heavy atom. The molecule has 4 rings (SSSR count). The number of piperidine rings is 1. The average Bonchev–Trinajstić information content (AvgIpc) is 2.79. The molecule has 1 heterocycles. The van der Waals surface area contributed by atoms with E-state index in [9.17, 15) is 9.59 Å². The highest BCUT2D eigenvalue weighted by atomic mass is 16.1. The molecule has 1 aliphatic heterocycles. The predicted octanol–water partition coefficient (Wildman–Crippen LogP) is 5.29. The summed E-state index contributed by atoms with van der Waals surface area (Å²) in [5.41, 5.74) is 4.12. The Kier molecular flexibility index (Phi) is 6.25. The molecule has 0 amide bonds. The lowest BCUT2D eigenvalue weighted by molar-refractivity contribution is 0.0876. The molecule has 1 fully saturated rings. The summed E-state index contributed by atoms with van der Waals surface area (Å²) in [5, 5.41) is 0. The number of carbonyl (C=O) groups is 2. The second-order valence-corrected chi connectivity index (χ2v) is 8.56. The number of fused-ring (bicyclic) bond motifs is 1. The second-order valence-electron chi connectivity index (χ2n) is 8.56. The molecule has 0 saturated carbocycles. The van der Waals surface area contributed by atoms with Crippen molar-refractivity contribution in [1.82, 2.24) is 4.90 Å². The lowest BCUT2D eigenvalue weighted by atomic mass is 9.80. The number of hydrogen-bond donors (Lipinski definition) is 0. The molecule has 0 spiro atoms. The van der Waals surface area contributed by atoms with Crippen LogP contribution in [0.1, 0.15) is 76.8 Å². The lowest BCUT2D eigenvalue weighted by Gasteiger charge is -2.33. The fraction of sp³-hybridized carbons (Fsp3) is 0.462. The number of carbonyl (C=O) groups excluding carboxylic acids is 2. The predicted molar refractivity (Wildman–Crippen MR) is 117 cm³/mol. The quantitative estimate of drug-likeness (QED) is 0.630. The molecule has 2 aromatic carbocycles. The summed E-state index contributed by atoms with van der Waals surface area (Å²) in [6, 6.07) is 16.5. The minimum absolute atomic E-state index is 0.127. The van der Waals surface area contributed by atoms with Gasteiger partial charge in [-0.2, -0.15) is 0 Å². The highest BCUT2D eigenvalue weighted by molar-refractivity contribution is 6.02. The Bertz CT molecular complexity index is 866. The van der Waals surface area contributed by atoms with Crippen LogP contribution in [-0.4, -0.2) is 36.1 Å². The van der Waals surface area contributed by atoms with Crippen LogP contribution in [0, 0.1) is 5.92 Å². The van der Waals surface area contributed by atoms with E-state index in [1.807, 2.05) is 25.1 Å². The SMILES string of the molecule is CCC(=O)c1ccc2c(c1)CCC(CCN1CCC(c3ccccc3)CC1)C2=O. The van der Waals surface area contributed by atoms with E-state index >= 15 is 0 Å². The smallest absolute Gasteiger partial charge is 0.166 e. The van der Waals surface area contributed by atoms with Crippen LogP contribution < -0.4 is 0 Å². The van der Waals surface area contributed by atoms with E-state index in [0.717, 1.165) is 55.6 Å². The van der Waals surface area contributed by atoms with Crippen LogP contribution in [0.3, 0.4) is 0 Å². The first-order valence-electron chi connectivity index (χ1n) is 11.1. The molecule has 152 valence electrons. The van der Waals surface area contributed by atoms with Crippen molar-refractivity contribution in [1.29, 1.82) is 0 Å². The topological polar surface area (TPSA) is 37.4 Å². The third-order valence-corrected chi connectivity index (χ3v) is 6.80. The molecule has 0 aromatic heterocycles. The van der Waals surface area contributed by atoms with Crippen LogP contribution in [0.4, 0.5) is 0 Å². The average molecular weight is 390 g/mol. The van der Waals surface area contributed by atoms with Crippen LogP contribution in [0.5, 0.6) is 0 Å². The van der Waals surface area contributed by atoms with Gasteiger partial charge >= 0.3 is 0 Å². The van der Waals surface area contributed by atoms with Crippen molar-refractivity contribution in [2.45, 2.75) is 51.4 Å². The maximum Gasteiger partial charge on any atom is 0.166 e. The highest BCUT2D eigenvalue weighted by Crippen LogP contribution is 2.31. The van der Waals surface area contributed by atoms with E-state index in [4.69, 9.17) is 0 Å². The zero-order chi connectivity index (χ0) is 20.2. The number of ketones is 2. The summed E-state index contributed by atoms with van der Waals surface area (Å²) in [7, 11) is 0. The van der Waals surface area contributed by atoms with Gasteiger partial charge < -0.3 is 4.90 Å². The van der Waals surface area contributed by atoms with Crippen molar-refractivity contribution in [3.8, 4) is 0 Å². The highest BCUT2D eigenvalue weighted by Gasteiger charge is 2.29. The van der Waals surface area contributed by atoms with Crippen LogP contribution in [0.15, 0.2) is 48.5 Å². The second kappa shape index (κ2) is 9.04. The number of Topliss-reactive ketones (excluding diaryl/α,β-unsaturated/α-hetero) is 2.